The first-order chi connectivity index (χ1) is 10.8. The highest BCUT2D eigenvalue weighted by Gasteiger charge is 2.63. The molecule has 4 nitrogen and oxygen atoms in total. The molecule has 1 aliphatic rings. The highest BCUT2D eigenvalue weighted by Crippen LogP contribution is 2.53. The summed E-state index contributed by atoms with van der Waals surface area (Å²) in [4.78, 5) is 8.06. The van der Waals surface area contributed by atoms with Crippen molar-refractivity contribution < 1.29 is 18.3 Å². The van der Waals surface area contributed by atoms with Gasteiger partial charge in [-0.3, -0.25) is 0 Å². The van der Waals surface area contributed by atoms with Crippen LogP contribution in [0.5, 0.6) is 0 Å². The van der Waals surface area contributed by atoms with E-state index in [9.17, 15) is 5.11 Å². The Morgan fingerprint density at radius 2 is 1.75 bits per heavy atom. The average Bonchev–Trinajstić information content (AvgIpc) is 2.42. The molecule has 1 fully saturated rings. The van der Waals surface area contributed by atoms with Crippen LogP contribution in [0.25, 0.3) is 0 Å². The summed E-state index contributed by atoms with van der Waals surface area (Å²) in [5.74, 6) is -3.54. The van der Waals surface area contributed by atoms with Gasteiger partial charge < -0.3 is 9.53 Å². The lowest BCUT2D eigenvalue weighted by atomic mass is 9.73. The van der Waals surface area contributed by atoms with E-state index in [2.05, 4.69) is 25.9 Å². The SMILES string of the molecule is CC(C)(C)[Si](C)(C)OC(c1ncc(Br)cn1)C(F)(F)C1(O)CCC1. The van der Waals surface area contributed by atoms with Crippen molar-refractivity contribution in [3.8, 4) is 0 Å². The van der Waals surface area contributed by atoms with Gasteiger partial charge in [-0.05, 0) is 53.3 Å². The second kappa shape index (κ2) is 6.37. The summed E-state index contributed by atoms with van der Waals surface area (Å²) in [6, 6.07) is 0. The molecular weight excluding hydrogens is 398 g/mol. The van der Waals surface area contributed by atoms with Gasteiger partial charge in [0.25, 0.3) is 0 Å². The molecule has 0 aliphatic heterocycles. The Hall–Kier alpha value is -0.443. The second-order valence-corrected chi connectivity index (χ2v) is 13.7. The van der Waals surface area contributed by atoms with Crippen LogP contribution in [-0.2, 0) is 4.43 Å². The molecule has 1 saturated carbocycles. The van der Waals surface area contributed by atoms with Gasteiger partial charge in [0.2, 0.25) is 0 Å². The zero-order chi connectivity index (χ0) is 18.4. The number of aliphatic hydroxyl groups is 1. The van der Waals surface area contributed by atoms with Crippen molar-refractivity contribution in [2.75, 3.05) is 0 Å². The fraction of sp³-hybridized carbons (Fsp3) is 0.750. The maximum absolute atomic E-state index is 15.2. The quantitative estimate of drug-likeness (QED) is 0.688. The van der Waals surface area contributed by atoms with Crippen LogP contribution < -0.4 is 0 Å². The fourth-order valence-electron chi connectivity index (χ4n) is 2.31. The Morgan fingerprint density at radius 3 is 2.12 bits per heavy atom. The Balaban J connectivity index is 2.44. The molecule has 0 saturated heterocycles. The Labute approximate surface area is 151 Å². The van der Waals surface area contributed by atoms with Crippen molar-refractivity contribution in [1.29, 1.82) is 0 Å². The minimum atomic E-state index is -3.45. The van der Waals surface area contributed by atoms with Crippen LogP contribution in [0.1, 0.15) is 52.0 Å². The second-order valence-electron chi connectivity index (χ2n) is 8.03. The van der Waals surface area contributed by atoms with Crippen molar-refractivity contribution in [3.05, 3.63) is 22.7 Å². The van der Waals surface area contributed by atoms with E-state index in [0.29, 0.717) is 10.9 Å². The predicted octanol–water partition coefficient (Wildman–Crippen LogP) is 4.85. The third kappa shape index (κ3) is 3.56. The summed E-state index contributed by atoms with van der Waals surface area (Å²) >= 11 is 3.21. The molecule has 0 spiro atoms. The molecule has 1 aromatic heterocycles. The molecule has 0 aromatic carbocycles. The van der Waals surface area contributed by atoms with E-state index in [1.807, 2.05) is 33.9 Å². The van der Waals surface area contributed by atoms with Crippen molar-refractivity contribution >= 4 is 24.2 Å². The van der Waals surface area contributed by atoms with Gasteiger partial charge in [0, 0.05) is 12.4 Å². The molecule has 0 amide bonds. The van der Waals surface area contributed by atoms with Gasteiger partial charge in [-0.2, -0.15) is 0 Å². The third-order valence-corrected chi connectivity index (χ3v) is 10.1. The van der Waals surface area contributed by atoms with Gasteiger partial charge in [-0.25, -0.2) is 18.7 Å². The van der Waals surface area contributed by atoms with Crippen LogP contribution in [0, 0.1) is 0 Å². The monoisotopic (exact) mass is 422 g/mol. The molecule has 24 heavy (non-hydrogen) atoms. The first-order valence-corrected chi connectivity index (χ1v) is 11.8. The number of alkyl halides is 2. The largest absolute Gasteiger partial charge is 0.402 e. The standard InChI is InChI=1S/C16H25BrF2N2O2Si/c1-14(2,3)24(4,5)23-12(13-20-9-11(17)10-21-13)16(18,19)15(22)7-6-8-15/h9-10,12,22H,6-8H2,1-5H3. The summed E-state index contributed by atoms with van der Waals surface area (Å²) in [6.07, 6.45) is 1.90. The Bertz CT molecular complexity index is 587. The summed E-state index contributed by atoms with van der Waals surface area (Å²) in [5, 5.41) is 10.1. The first kappa shape index (κ1) is 19.9. The van der Waals surface area contributed by atoms with Crippen LogP contribution in [0.15, 0.2) is 16.9 Å². The number of rotatable bonds is 5. The van der Waals surface area contributed by atoms with Gasteiger partial charge in [-0.1, -0.05) is 20.8 Å². The van der Waals surface area contributed by atoms with Crippen molar-refractivity contribution in [2.45, 2.75) is 75.8 Å². The minimum absolute atomic E-state index is 0.0634. The van der Waals surface area contributed by atoms with E-state index in [1.165, 1.54) is 12.4 Å². The number of hydrogen-bond acceptors (Lipinski definition) is 4. The minimum Gasteiger partial charge on any atom is -0.402 e. The molecule has 1 aromatic rings. The zero-order valence-electron chi connectivity index (χ0n) is 14.7. The van der Waals surface area contributed by atoms with Gasteiger partial charge in [0.15, 0.2) is 20.2 Å². The van der Waals surface area contributed by atoms with E-state index >= 15 is 8.78 Å². The smallest absolute Gasteiger partial charge is 0.307 e. The van der Waals surface area contributed by atoms with Crippen molar-refractivity contribution in [2.24, 2.45) is 0 Å². The molecule has 1 N–H and O–H groups in total. The topological polar surface area (TPSA) is 55.2 Å². The number of nitrogens with zero attached hydrogens (tertiary/aromatic N) is 2. The van der Waals surface area contributed by atoms with Crippen LogP contribution in [-0.4, -0.2) is 34.9 Å². The molecule has 1 unspecified atom stereocenters. The van der Waals surface area contributed by atoms with Crippen molar-refractivity contribution in [1.82, 2.24) is 9.97 Å². The maximum atomic E-state index is 15.2. The van der Waals surface area contributed by atoms with E-state index in [4.69, 9.17) is 4.43 Å². The zero-order valence-corrected chi connectivity index (χ0v) is 17.3. The van der Waals surface area contributed by atoms with E-state index in [0.717, 1.165) is 0 Å². The summed E-state index contributed by atoms with van der Waals surface area (Å²) in [6.45, 7) is 9.75. The summed E-state index contributed by atoms with van der Waals surface area (Å²) in [5.41, 5.74) is -2.05. The lowest BCUT2D eigenvalue weighted by Crippen LogP contribution is -2.59. The summed E-state index contributed by atoms with van der Waals surface area (Å²) < 4.78 is 37.0. The molecule has 0 bridgehead atoms. The predicted molar refractivity (Wildman–Crippen MR) is 94.5 cm³/mol. The van der Waals surface area contributed by atoms with Crippen LogP contribution in [0.3, 0.4) is 0 Å². The first-order valence-electron chi connectivity index (χ1n) is 8.06. The maximum Gasteiger partial charge on any atom is 0.307 e. The third-order valence-electron chi connectivity index (χ3n) is 5.22. The lowest BCUT2D eigenvalue weighted by molar-refractivity contribution is -0.258. The number of halogens is 3. The van der Waals surface area contributed by atoms with E-state index in [1.54, 1.807) is 0 Å². The van der Waals surface area contributed by atoms with Crippen molar-refractivity contribution in [3.63, 3.8) is 0 Å². The number of aromatic nitrogens is 2. The summed E-state index contributed by atoms with van der Waals surface area (Å²) in [7, 11) is -2.52. The Kier molecular flexibility index (Phi) is 5.28. The molecule has 136 valence electrons. The molecule has 1 atom stereocenters. The molecule has 1 heterocycles. The molecule has 1 aliphatic carbocycles. The highest BCUT2D eigenvalue weighted by molar-refractivity contribution is 9.10. The van der Waals surface area contributed by atoms with Crippen LogP contribution >= 0.6 is 15.9 Å². The number of hydrogen-bond donors (Lipinski definition) is 1. The van der Waals surface area contributed by atoms with Gasteiger partial charge in [-0.15, -0.1) is 0 Å². The average molecular weight is 423 g/mol. The fourth-order valence-corrected chi connectivity index (χ4v) is 3.71. The normalized spacial score (nSPS) is 19.7. The Morgan fingerprint density at radius 1 is 1.25 bits per heavy atom. The molecule has 2 rings (SSSR count). The van der Waals surface area contributed by atoms with Gasteiger partial charge in [0.05, 0.1) is 4.47 Å². The van der Waals surface area contributed by atoms with Gasteiger partial charge in [0.1, 0.15) is 5.60 Å². The van der Waals surface area contributed by atoms with Crippen LogP contribution in [0.2, 0.25) is 18.1 Å². The molecule has 8 heteroatoms. The molecule has 0 radical (unpaired) electrons. The van der Waals surface area contributed by atoms with Gasteiger partial charge >= 0.3 is 5.92 Å². The molecular formula is C16H25BrF2N2O2Si. The van der Waals surface area contributed by atoms with E-state index in [-0.39, 0.29) is 23.7 Å². The highest BCUT2D eigenvalue weighted by atomic mass is 79.9. The van der Waals surface area contributed by atoms with E-state index < -0.39 is 25.9 Å². The lowest BCUT2D eigenvalue weighted by Gasteiger charge is -2.48. The van der Waals surface area contributed by atoms with Crippen LogP contribution in [0.4, 0.5) is 8.78 Å².